The number of fused-ring (bicyclic) bond motifs is 5. The molecule has 2 saturated carbocycles. The molecular formula is C21H23Br2NO4. The summed E-state index contributed by atoms with van der Waals surface area (Å²) >= 11 is 7.39. The van der Waals surface area contributed by atoms with Crippen molar-refractivity contribution in [3.8, 4) is 5.75 Å². The van der Waals surface area contributed by atoms with Crippen LogP contribution in [0.1, 0.15) is 26.7 Å². The fourth-order valence-corrected chi connectivity index (χ4v) is 6.98. The monoisotopic (exact) mass is 511 g/mol. The third-order valence-electron chi connectivity index (χ3n) is 6.26. The van der Waals surface area contributed by atoms with Gasteiger partial charge in [-0.05, 0) is 42.7 Å². The van der Waals surface area contributed by atoms with Crippen LogP contribution in [0, 0.1) is 29.6 Å². The lowest BCUT2D eigenvalue weighted by atomic mass is 9.81. The number of nitrogens with zero attached hydrogens (tertiary/aromatic N) is 1. The quantitative estimate of drug-likeness (QED) is 0.260. The van der Waals surface area contributed by atoms with Crippen LogP contribution in [-0.4, -0.2) is 38.4 Å². The van der Waals surface area contributed by atoms with Crippen LogP contribution in [0.25, 0.3) is 0 Å². The molecule has 5 nitrogen and oxygen atoms in total. The normalized spacial score (nSPS) is 34.8. The Labute approximate surface area is 181 Å². The van der Waals surface area contributed by atoms with Crippen molar-refractivity contribution in [1.82, 2.24) is 4.90 Å². The van der Waals surface area contributed by atoms with Gasteiger partial charge < -0.3 is 4.74 Å². The first-order valence-electron chi connectivity index (χ1n) is 9.73. The Balaban J connectivity index is 1.61. The van der Waals surface area contributed by atoms with E-state index in [4.69, 9.17) is 4.74 Å². The molecule has 28 heavy (non-hydrogen) atoms. The second kappa shape index (κ2) is 7.56. The van der Waals surface area contributed by atoms with Crippen molar-refractivity contribution in [2.75, 3.05) is 0 Å². The van der Waals surface area contributed by atoms with Gasteiger partial charge in [-0.2, -0.15) is 0 Å². The summed E-state index contributed by atoms with van der Waals surface area (Å²) < 4.78 is 5.52. The number of alkyl halides is 2. The fourth-order valence-electron chi connectivity index (χ4n) is 5.11. The molecule has 1 aromatic rings. The summed E-state index contributed by atoms with van der Waals surface area (Å²) in [5.41, 5.74) is 0. The number of benzene rings is 1. The number of imide groups is 1. The maximum atomic E-state index is 13.3. The summed E-state index contributed by atoms with van der Waals surface area (Å²) in [6.07, 6.45) is 1.27. The molecule has 1 aromatic carbocycles. The van der Waals surface area contributed by atoms with Crippen LogP contribution in [-0.2, 0) is 14.4 Å². The number of carbonyl (C=O) groups is 3. The van der Waals surface area contributed by atoms with Gasteiger partial charge in [0.1, 0.15) is 11.8 Å². The molecule has 150 valence electrons. The Morgan fingerprint density at radius 2 is 1.61 bits per heavy atom. The molecule has 0 aromatic heterocycles. The highest BCUT2D eigenvalue weighted by Crippen LogP contribution is 2.60. The predicted molar refractivity (Wildman–Crippen MR) is 111 cm³/mol. The van der Waals surface area contributed by atoms with E-state index >= 15 is 0 Å². The molecule has 2 amide bonds. The lowest BCUT2D eigenvalue weighted by Crippen LogP contribution is -2.48. The van der Waals surface area contributed by atoms with Crippen molar-refractivity contribution in [2.24, 2.45) is 29.6 Å². The molecule has 7 heteroatoms. The van der Waals surface area contributed by atoms with Crippen molar-refractivity contribution in [3.05, 3.63) is 30.3 Å². The van der Waals surface area contributed by atoms with Crippen molar-refractivity contribution in [2.45, 2.75) is 42.4 Å². The molecule has 4 rings (SSSR count). The van der Waals surface area contributed by atoms with E-state index in [1.165, 1.54) is 4.90 Å². The molecule has 1 saturated heterocycles. The zero-order chi connectivity index (χ0) is 20.2. The minimum Gasteiger partial charge on any atom is -0.425 e. The summed E-state index contributed by atoms with van der Waals surface area (Å²) in [5, 5.41) is 0. The number of ether oxygens (including phenoxy) is 1. The van der Waals surface area contributed by atoms with Gasteiger partial charge in [-0.25, -0.2) is 4.79 Å². The highest BCUT2D eigenvalue weighted by Gasteiger charge is 2.67. The molecule has 1 heterocycles. The van der Waals surface area contributed by atoms with Crippen LogP contribution in [0.3, 0.4) is 0 Å². The molecule has 3 fully saturated rings. The highest BCUT2D eigenvalue weighted by atomic mass is 79.9. The summed E-state index contributed by atoms with van der Waals surface area (Å²) in [4.78, 5) is 41.1. The Bertz CT molecular complexity index is 767. The number of hydrogen-bond acceptors (Lipinski definition) is 4. The smallest absolute Gasteiger partial charge is 0.334 e. The van der Waals surface area contributed by atoms with Crippen molar-refractivity contribution >= 4 is 49.6 Å². The molecule has 0 radical (unpaired) electrons. The molecule has 2 bridgehead atoms. The number of hydrogen-bond donors (Lipinski definition) is 0. The molecule has 7 atom stereocenters. The van der Waals surface area contributed by atoms with E-state index in [1.807, 2.05) is 19.9 Å². The number of likely N-dealkylation sites (tertiary alicyclic amines) is 1. The zero-order valence-corrected chi connectivity index (χ0v) is 18.9. The van der Waals surface area contributed by atoms with Crippen LogP contribution in [0.5, 0.6) is 5.75 Å². The lowest BCUT2D eigenvalue weighted by Gasteiger charge is -2.28. The molecule has 0 N–H and O–H groups in total. The maximum Gasteiger partial charge on any atom is 0.334 e. The summed E-state index contributed by atoms with van der Waals surface area (Å²) in [5.74, 6) is -0.787. The second-order valence-corrected chi connectivity index (χ2v) is 10.5. The third kappa shape index (κ3) is 3.15. The average Bonchev–Trinajstić information content (AvgIpc) is 3.26. The summed E-state index contributed by atoms with van der Waals surface area (Å²) in [6, 6.07) is 7.89. The first-order chi connectivity index (χ1) is 13.3. The maximum absolute atomic E-state index is 13.3. The second-order valence-electron chi connectivity index (χ2n) is 8.43. The largest absolute Gasteiger partial charge is 0.425 e. The standard InChI is InChI=1S/C21H23Br2NO4/c1-10(2)8-14(21(27)28-11-6-4-3-5-7-11)24-19(25)15-12-9-13(16(15)20(24)26)18(23)17(12)22/h3-7,10,12-18H,8-9H2,1-2H3/t12-,13-,14-,15-,16-,17-,18+/m1/s1. The van der Waals surface area contributed by atoms with E-state index in [0.717, 1.165) is 6.42 Å². The Morgan fingerprint density at radius 3 is 2.11 bits per heavy atom. The van der Waals surface area contributed by atoms with Crippen LogP contribution in [0.15, 0.2) is 30.3 Å². The van der Waals surface area contributed by atoms with Gasteiger partial charge in [0.15, 0.2) is 0 Å². The van der Waals surface area contributed by atoms with E-state index < -0.39 is 12.0 Å². The number of carbonyl (C=O) groups excluding carboxylic acids is 3. The minimum absolute atomic E-state index is 0.130. The summed E-state index contributed by atoms with van der Waals surface area (Å²) in [6.45, 7) is 3.95. The van der Waals surface area contributed by atoms with Gasteiger partial charge in [0.05, 0.1) is 11.8 Å². The Morgan fingerprint density at radius 1 is 1.07 bits per heavy atom. The Hall–Kier alpha value is -1.21. The fraction of sp³-hybridized carbons (Fsp3) is 0.571. The average molecular weight is 513 g/mol. The van der Waals surface area contributed by atoms with Crippen molar-refractivity contribution in [1.29, 1.82) is 0 Å². The van der Waals surface area contributed by atoms with Gasteiger partial charge in [-0.3, -0.25) is 14.5 Å². The highest BCUT2D eigenvalue weighted by molar-refractivity contribution is 9.12. The van der Waals surface area contributed by atoms with E-state index in [-0.39, 0.29) is 51.1 Å². The minimum atomic E-state index is -0.882. The number of amides is 2. The van der Waals surface area contributed by atoms with Gasteiger partial charge in [-0.1, -0.05) is 63.9 Å². The van der Waals surface area contributed by atoms with Crippen LogP contribution < -0.4 is 4.74 Å². The van der Waals surface area contributed by atoms with Crippen LogP contribution in [0.4, 0.5) is 0 Å². The first kappa shape index (κ1) is 20.1. The molecule has 1 aliphatic heterocycles. The number of para-hydroxylation sites is 1. The van der Waals surface area contributed by atoms with Gasteiger partial charge in [0.25, 0.3) is 0 Å². The summed E-state index contributed by atoms with van der Waals surface area (Å²) in [7, 11) is 0. The van der Waals surface area contributed by atoms with Gasteiger partial charge in [0.2, 0.25) is 11.8 Å². The Kier molecular flexibility index (Phi) is 5.42. The first-order valence-corrected chi connectivity index (χ1v) is 11.6. The van der Waals surface area contributed by atoms with Crippen LogP contribution >= 0.6 is 31.9 Å². The number of halogens is 2. The zero-order valence-electron chi connectivity index (χ0n) is 15.8. The van der Waals surface area contributed by atoms with E-state index in [0.29, 0.717) is 12.2 Å². The SMILES string of the molecule is CC(C)C[C@H](C(=O)Oc1ccccc1)N1C(=O)[C@@H]2[C@H]3C[C@@H]([C@@H](Br)[C@H]3Br)[C@H]2C1=O. The van der Waals surface area contributed by atoms with E-state index in [1.54, 1.807) is 24.3 Å². The third-order valence-corrected chi connectivity index (χ3v) is 9.47. The number of rotatable bonds is 5. The number of esters is 1. The molecule has 2 aliphatic carbocycles. The lowest BCUT2D eigenvalue weighted by molar-refractivity contribution is -0.154. The molecule has 0 unspecified atom stereocenters. The molecule has 3 aliphatic rings. The molecular weight excluding hydrogens is 490 g/mol. The van der Waals surface area contributed by atoms with Gasteiger partial charge in [0, 0.05) is 9.65 Å². The van der Waals surface area contributed by atoms with Crippen molar-refractivity contribution in [3.63, 3.8) is 0 Å². The van der Waals surface area contributed by atoms with Crippen LogP contribution in [0.2, 0.25) is 0 Å². The van der Waals surface area contributed by atoms with Crippen molar-refractivity contribution < 1.29 is 19.1 Å². The van der Waals surface area contributed by atoms with Gasteiger partial charge >= 0.3 is 5.97 Å². The van der Waals surface area contributed by atoms with E-state index in [9.17, 15) is 14.4 Å². The molecule has 0 spiro atoms. The topological polar surface area (TPSA) is 63.7 Å². The predicted octanol–water partition coefficient (Wildman–Crippen LogP) is 3.78. The van der Waals surface area contributed by atoms with Gasteiger partial charge in [-0.15, -0.1) is 0 Å². The van der Waals surface area contributed by atoms with E-state index in [2.05, 4.69) is 31.9 Å².